The first-order valence-electron chi connectivity index (χ1n) is 6.90. The fraction of sp³-hybridized carbons (Fsp3) is 0.235. The first-order valence-corrected chi connectivity index (χ1v) is 6.90. The predicted octanol–water partition coefficient (Wildman–Crippen LogP) is 2.28. The highest BCUT2D eigenvalue weighted by atomic mass is 16.2. The third-order valence-corrected chi connectivity index (χ3v) is 3.45. The summed E-state index contributed by atoms with van der Waals surface area (Å²) in [6, 6.07) is 11.0. The molecule has 0 aliphatic carbocycles. The maximum absolute atomic E-state index is 12.2. The summed E-state index contributed by atoms with van der Waals surface area (Å²) in [5, 5.41) is 11.8. The molecule has 0 saturated carbocycles. The molecule has 2 aromatic rings. The zero-order valence-corrected chi connectivity index (χ0v) is 12.8. The van der Waals surface area contributed by atoms with Gasteiger partial charge in [-0.05, 0) is 44.5 Å². The number of aromatic nitrogens is 1. The summed E-state index contributed by atoms with van der Waals surface area (Å²) in [6.45, 7) is 5.30. The van der Waals surface area contributed by atoms with E-state index in [-0.39, 0.29) is 18.0 Å². The van der Waals surface area contributed by atoms with Crippen molar-refractivity contribution in [2.75, 3.05) is 5.32 Å². The Kier molecular flexibility index (Phi) is 4.42. The molecule has 1 heterocycles. The molecule has 0 bridgehead atoms. The smallest absolute Gasteiger partial charge is 0.269 e. The number of pyridine rings is 1. The Morgan fingerprint density at radius 2 is 1.86 bits per heavy atom. The summed E-state index contributed by atoms with van der Waals surface area (Å²) < 4.78 is 1.31. The van der Waals surface area contributed by atoms with Gasteiger partial charge in [0.1, 0.15) is 18.2 Å². The van der Waals surface area contributed by atoms with Crippen molar-refractivity contribution in [1.82, 2.24) is 4.57 Å². The molecule has 5 heteroatoms. The number of carbonyl (C=O) groups is 1. The van der Waals surface area contributed by atoms with Crippen LogP contribution >= 0.6 is 0 Å². The van der Waals surface area contributed by atoms with Crippen LogP contribution in [0.1, 0.15) is 22.4 Å². The summed E-state index contributed by atoms with van der Waals surface area (Å²) in [6.07, 6.45) is 0. The lowest BCUT2D eigenvalue weighted by Gasteiger charge is -2.12. The molecular formula is C17H17N3O2. The first-order chi connectivity index (χ1) is 10.4. The topological polar surface area (TPSA) is 74.9 Å². The van der Waals surface area contributed by atoms with Gasteiger partial charge in [-0.3, -0.25) is 9.59 Å². The number of rotatable bonds is 3. The van der Waals surface area contributed by atoms with E-state index in [1.807, 2.05) is 25.1 Å². The molecule has 1 amide bonds. The van der Waals surface area contributed by atoms with E-state index in [2.05, 4.69) is 5.32 Å². The molecule has 0 atom stereocenters. The molecule has 2 rings (SSSR count). The number of amides is 1. The van der Waals surface area contributed by atoms with E-state index in [9.17, 15) is 9.59 Å². The van der Waals surface area contributed by atoms with Gasteiger partial charge in [0.25, 0.3) is 5.56 Å². The zero-order chi connectivity index (χ0) is 16.3. The van der Waals surface area contributed by atoms with Gasteiger partial charge in [0.05, 0.1) is 0 Å². The highest BCUT2D eigenvalue weighted by Crippen LogP contribution is 2.09. The third-order valence-electron chi connectivity index (χ3n) is 3.45. The molecule has 22 heavy (non-hydrogen) atoms. The van der Waals surface area contributed by atoms with Crippen molar-refractivity contribution in [3.8, 4) is 6.07 Å². The Hall–Kier alpha value is -2.87. The van der Waals surface area contributed by atoms with Gasteiger partial charge in [0.15, 0.2) is 0 Å². The van der Waals surface area contributed by atoms with E-state index >= 15 is 0 Å². The Morgan fingerprint density at radius 3 is 2.45 bits per heavy atom. The number of anilines is 1. The molecule has 0 spiro atoms. The molecule has 5 nitrogen and oxygen atoms in total. The van der Waals surface area contributed by atoms with Gasteiger partial charge >= 0.3 is 0 Å². The average molecular weight is 295 g/mol. The number of hydrogen-bond acceptors (Lipinski definition) is 3. The van der Waals surface area contributed by atoms with Gasteiger partial charge in [-0.1, -0.05) is 17.7 Å². The van der Waals surface area contributed by atoms with E-state index < -0.39 is 5.56 Å². The predicted molar refractivity (Wildman–Crippen MR) is 84.7 cm³/mol. The monoisotopic (exact) mass is 295 g/mol. The molecule has 0 unspecified atom stereocenters. The molecule has 1 N–H and O–H groups in total. The van der Waals surface area contributed by atoms with E-state index in [1.54, 1.807) is 32.0 Å². The summed E-state index contributed by atoms with van der Waals surface area (Å²) in [4.78, 5) is 24.3. The van der Waals surface area contributed by atoms with Crippen LogP contribution in [0.15, 0.2) is 35.1 Å². The molecule has 0 aliphatic rings. The number of nitrogens with one attached hydrogen (secondary N) is 1. The highest BCUT2D eigenvalue weighted by Gasteiger charge is 2.12. The van der Waals surface area contributed by atoms with E-state index in [0.29, 0.717) is 16.9 Å². The molecule has 112 valence electrons. The quantitative estimate of drug-likeness (QED) is 0.944. The van der Waals surface area contributed by atoms with Crippen molar-refractivity contribution in [2.24, 2.45) is 0 Å². The summed E-state index contributed by atoms with van der Waals surface area (Å²) in [7, 11) is 0. The van der Waals surface area contributed by atoms with Crippen molar-refractivity contribution in [2.45, 2.75) is 27.3 Å². The Balaban J connectivity index is 2.24. The highest BCUT2D eigenvalue weighted by molar-refractivity contribution is 5.90. The molecular weight excluding hydrogens is 278 g/mol. The Morgan fingerprint density at radius 1 is 1.23 bits per heavy atom. The van der Waals surface area contributed by atoms with Crippen LogP contribution in [0.2, 0.25) is 0 Å². The zero-order valence-electron chi connectivity index (χ0n) is 12.8. The minimum atomic E-state index is -0.431. The third kappa shape index (κ3) is 3.23. The van der Waals surface area contributed by atoms with Gasteiger partial charge < -0.3 is 9.88 Å². The molecule has 0 saturated heterocycles. The van der Waals surface area contributed by atoms with Crippen LogP contribution in [0.5, 0.6) is 0 Å². The van der Waals surface area contributed by atoms with Gasteiger partial charge in [-0.25, -0.2) is 0 Å². The lowest BCUT2D eigenvalue weighted by molar-refractivity contribution is -0.116. The van der Waals surface area contributed by atoms with Crippen LogP contribution < -0.4 is 10.9 Å². The number of nitrogens with zero attached hydrogens (tertiary/aromatic N) is 2. The Labute approximate surface area is 128 Å². The van der Waals surface area contributed by atoms with E-state index in [0.717, 1.165) is 5.56 Å². The molecule has 1 aromatic carbocycles. The number of benzene rings is 1. The minimum absolute atomic E-state index is 0.0775. The largest absolute Gasteiger partial charge is 0.325 e. The second kappa shape index (κ2) is 6.27. The summed E-state index contributed by atoms with van der Waals surface area (Å²) in [5.74, 6) is -0.304. The van der Waals surface area contributed by atoms with Crippen molar-refractivity contribution in [3.05, 3.63) is 63.1 Å². The summed E-state index contributed by atoms with van der Waals surface area (Å²) in [5.41, 5.74) is 2.70. The maximum Gasteiger partial charge on any atom is 0.269 e. The molecule has 1 aromatic heterocycles. The van der Waals surface area contributed by atoms with Crippen LogP contribution in [0.25, 0.3) is 0 Å². The van der Waals surface area contributed by atoms with Crippen molar-refractivity contribution >= 4 is 11.6 Å². The fourth-order valence-electron chi connectivity index (χ4n) is 2.24. The molecule has 0 aliphatic heterocycles. The van der Waals surface area contributed by atoms with Gasteiger partial charge in [-0.2, -0.15) is 5.26 Å². The van der Waals surface area contributed by atoms with Crippen molar-refractivity contribution in [3.63, 3.8) is 0 Å². The number of carbonyl (C=O) groups excluding carboxylic acids is 1. The lowest BCUT2D eigenvalue weighted by atomic mass is 10.1. The van der Waals surface area contributed by atoms with Crippen LogP contribution in [0.3, 0.4) is 0 Å². The van der Waals surface area contributed by atoms with Crippen LogP contribution in [0.4, 0.5) is 5.69 Å². The van der Waals surface area contributed by atoms with Crippen LogP contribution in [0, 0.1) is 32.1 Å². The van der Waals surface area contributed by atoms with Crippen LogP contribution in [-0.4, -0.2) is 10.5 Å². The number of hydrogen-bond donors (Lipinski definition) is 1. The minimum Gasteiger partial charge on any atom is -0.325 e. The Bertz CT molecular complexity index is 812. The SMILES string of the molecule is Cc1ccc(NC(=O)Cn2c(C)cc(C)c(C#N)c2=O)cc1. The van der Waals surface area contributed by atoms with Gasteiger partial charge in [0, 0.05) is 11.4 Å². The van der Waals surface area contributed by atoms with E-state index in [4.69, 9.17) is 5.26 Å². The van der Waals surface area contributed by atoms with Crippen LogP contribution in [-0.2, 0) is 11.3 Å². The van der Waals surface area contributed by atoms with Crippen molar-refractivity contribution < 1.29 is 4.79 Å². The molecule has 0 fully saturated rings. The summed E-state index contributed by atoms with van der Waals surface area (Å²) >= 11 is 0. The number of aryl methyl sites for hydroxylation is 3. The standard InChI is InChI=1S/C17H17N3O2/c1-11-4-6-14(7-5-11)19-16(21)10-20-13(3)8-12(2)15(9-18)17(20)22/h4-8H,10H2,1-3H3,(H,19,21). The normalized spacial score (nSPS) is 10.1. The first kappa shape index (κ1) is 15.5. The second-order valence-electron chi connectivity index (χ2n) is 5.26. The van der Waals surface area contributed by atoms with E-state index in [1.165, 1.54) is 4.57 Å². The average Bonchev–Trinajstić information content (AvgIpc) is 2.46. The number of nitriles is 1. The lowest BCUT2D eigenvalue weighted by Crippen LogP contribution is -2.31. The molecule has 0 radical (unpaired) electrons. The van der Waals surface area contributed by atoms with Crippen molar-refractivity contribution in [1.29, 1.82) is 5.26 Å². The maximum atomic E-state index is 12.2. The second-order valence-corrected chi connectivity index (χ2v) is 5.26. The van der Waals surface area contributed by atoms with Gasteiger partial charge in [0.2, 0.25) is 5.91 Å². The van der Waals surface area contributed by atoms with Gasteiger partial charge in [-0.15, -0.1) is 0 Å². The fourth-order valence-corrected chi connectivity index (χ4v) is 2.24.